The summed E-state index contributed by atoms with van der Waals surface area (Å²) < 4.78 is 7.24. The van der Waals surface area contributed by atoms with Gasteiger partial charge in [0, 0.05) is 24.7 Å². The average Bonchev–Trinajstić information content (AvgIpc) is 3.21. The molecule has 1 saturated heterocycles. The van der Waals surface area contributed by atoms with Crippen molar-refractivity contribution in [1.82, 2.24) is 24.5 Å². The summed E-state index contributed by atoms with van der Waals surface area (Å²) >= 11 is 0. The number of hydrogen-bond acceptors (Lipinski definition) is 5. The molecule has 0 amide bonds. The Morgan fingerprint density at radius 1 is 1.10 bits per heavy atom. The highest BCUT2D eigenvalue weighted by molar-refractivity contribution is 5.84. The summed E-state index contributed by atoms with van der Waals surface area (Å²) in [6, 6.07) is 15.1. The molecule has 1 aliphatic heterocycles. The number of rotatable bonds is 4. The number of aryl methyl sites for hydroxylation is 1. The van der Waals surface area contributed by atoms with Crippen LogP contribution < -0.4 is 4.74 Å². The van der Waals surface area contributed by atoms with E-state index >= 15 is 0 Å². The molecule has 5 rings (SSSR count). The second kappa shape index (κ2) is 7.44. The van der Waals surface area contributed by atoms with E-state index in [1.54, 1.807) is 13.4 Å². The van der Waals surface area contributed by atoms with Crippen LogP contribution in [0.1, 0.15) is 35.7 Å². The van der Waals surface area contributed by atoms with E-state index in [2.05, 4.69) is 56.4 Å². The Morgan fingerprint density at radius 2 is 1.97 bits per heavy atom. The van der Waals surface area contributed by atoms with Crippen molar-refractivity contribution in [3.8, 4) is 5.75 Å². The lowest BCUT2D eigenvalue weighted by molar-refractivity contribution is 0.197. The Morgan fingerprint density at radius 3 is 2.86 bits per heavy atom. The summed E-state index contributed by atoms with van der Waals surface area (Å²) in [6.07, 6.45) is 3.95. The fourth-order valence-corrected chi connectivity index (χ4v) is 4.45. The first-order chi connectivity index (χ1) is 14.2. The van der Waals surface area contributed by atoms with E-state index in [-0.39, 0.29) is 0 Å². The first-order valence-electron chi connectivity index (χ1n) is 10.2. The van der Waals surface area contributed by atoms with Crippen molar-refractivity contribution in [2.45, 2.75) is 32.2 Å². The highest BCUT2D eigenvalue weighted by atomic mass is 16.5. The summed E-state index contributed by atoms with van der Waals surface area (Å²) in [7, 11) is 1.71. The molecule has 0 radical (unpaired) electrons. The third kappa shape index (κ3) is 3.56. The van der Waals surface area contributed by atoms with Crippen molar-refractivity contribution in [3.05, 3.63) is 65.7 Å². The van der Waals surface area contributed by atoms with Gasteiger partial charge in [-0.2, -0.15) is 10.1 Å². The van der Waals surface area contributed by atoms with Gasteiger partial charge in [0.1, 0.15) is 12.1 Å². The number of ether oxygens (including phenoxy) is 1. The van der Waals surface area contributed by atoms with Crippen LogP contribution in [0.4, 0.5) is 0 Å². The minimum absolute atomic E-state index is 0.444. The molecule has 1 aliphatic rings. The maximum Gasteiger partial charge on any atom is 0.252 e. The number of methoxy groups -OCH3 is 1. The van der Waals surface area contributed by atoms with Crippen molar-refractivity contribution in [2.75, 3.05) is 20.2 Å². The van der Waals surface area contributed by atoms with Gasteiger partial charge in [0.25, 0.3) is 5.78 Å². The number of fused-ring (bicyclic) bond motifs is 2. The monoisotopic (exact) mass is 387 g/mol. The van der Waals surface area contributed by atoms with Gasteiger partial charge in [0.15, 0.2) is 0 Å². The Bertz CT molecular complexity index is 1170. The molecule has 6 heteroatoms. The van der Waals surface area contributed by atoms with Crippen molar-refractivity contribution < 1.29 is 4.74 Å². The summed E-state index contributed by atoms with van der Waals surface area (Å²) in [4.78, 5) is 11.3. The predicted octanol–water partition coefficient (Wildman–Crippen LogP) is 3.97. The van der Waals surface area contributed by atoms with Crippen molar-refractivity contribution in [1.29, 1.82) is 0 Å². The Labute approximate surface area is 170 Å². The van der Waals surface area contributed by atoms with E-state index in [4.69, 9.17) is 4.74 Å². The molecule has 3 heterocycles. The topological polar surface area (TPSA) is 55.5 Å². The minimum Gasteiger partial charge on any atom is -0.497 e. The molecule has 0 N–H and O–H groups in total. The van der Waals surface area contributed by atoms with Gasteiger partial charge < -0.3 is 4.74 Å². The highest BCUT2D eigenvalue weighted by Gasteiger charge is 2.24. The largest absolute Gasteiger partial charge is 0.497 e. The third-order valence-electron chi connectivity index (χ3n) is 5.85. The standard InChI is InChI=1S/C23H25N5O/c1-16-10-22(28-23(26-16)24-15-25-28)20-4-3-9-27(14-20)13-17-5-6-19-12-21(29-2)8-7-18(19)11-17/h5-8,10-12,15,20H,3-4,9,13-14H2,1-2H3. The van der Waals surface area contributed by atoms with Gasteiger partial charge in [0.2, 0.25) is 0 Å². The molecule has 29 heavy (non-hydrogen) atoms. The van der Waals surface area contributed by atoms with Crippen LogP contribution in [0.5, 0.6) is 5.75 Å². The number of nitrogens with zero attached hydrogens (tertiary/aromatic N) is 5. The highest BCUT2D eigenvalue weighted by Crippen LogP contribution is 2.29. The molecule has 4 aromatic rings. The van der Waals surface area contributed by atoms with Crippen LogP contribution in [-0.2, 0) is 6.54 Å². The molecule has 0 spiro atoms. The molecule has 1 atom stereocenters. The number of hydrogen-bond donors (Lipinski definition) is 0. The molecule has 2 aromatic carbocycles. The summed E-state index contributed by atoms with van der Waals surface area (Å²) in [5, 5.41) is 6.88. The van der Waals surface area contributed by atoms with Gasteiger partial charge in [-0.1, -0.05) is 18.2 Å². The molecule has 6 nitrogen and oxygen atoms in total. The zero-order valence-electron chi connectivity index (χ0n) is 16.9. The Kier molecular flexibility index (Phi) is 4.64. The maximum absolute atomic E-state index is 5.34. The van der Waals surface area contributed by atoms with E-state index in [0.29, 0.717) is 11.7 Å². The lowest BCUT2D eigenvalue weighted by Gasteiger charge is -2.33. The van der Waals surface area contributed by atoms with Crippen molar-refractivity contribution >= 4 is 16.6 Å². The number of piperidine rings is 1. The number of benzene rings is 2. The Hall–Kier alpha value is -2.99. The molecule has 1 fully saturated rings. The lowest BCUT2D eigenvalue weighted by Crippen LogP contribution is -2.34. The molecule has 0 aliphatic carbocycles. The molecular weight excluding hydrogens is 362 g/mol. The molecule has 1 unspecified atom stereocenters. The quantitative estimate of drug-likeness (QED) is 0.530. The van der Waals surface area contributed by atoms with Crippen LogP contribution in [0.3, 0.4) is 0 Å². The number of likely N-dealkylation sites (tertiary alicyclic amines) is 1. The second-order valence-electron chi connectivity index (χ2n) is 7.92. The van der Waals surface area contributed by atoms with Gasteiger partial charge in [-0.15, -0.1) is 0 Å². The first kappa shape index (κ1) is 18.1. The van der Waals surface area contributed by atoms with Crippen LogP contribution >= 0.6 is 0 Å². The average molecular weight is 387 g/mol. The van der Waals surface area contributed by atoms with Gasteiger partial charge >= 0.3 is 0 Å². The van der Waals surface area contributed by atoms with E-state index in [0.717, 1.165) is 31.1 Å². The van der Waals surface area contributed by atoms with Gasteiger partial charge in [0.05, 0.1) is 12.8 Å². The zero-order chi connectivity index (χ0) is 19.8. The van der Waals surface area contributed by atoms with Gasteiger partial charge in [-0.05, 0) is 66.9 Å². The molecule has 0 bridgehead atoms. The van der Waals surface area contributed by atoms with E-state index < -0.39 is 0 Å². The van der Waals surface area contributed by atoms with Crippen LogP contribution in [0.25, 0.3) is 16.6 Å². The third-order valence-corrected chi connectivity index (χ3v) is 5.85. The fourth-order valence-electron chi connectivity index (χ4n) is 4.45. The van der Waals surface area contributed by atoms with E-state index in [1.165, 1.54) is 34.9 Å². The van der Waals surface area contributed by atoms with Crippen LogP contribution in [0.2, 0.25) is 0 Å². The summed E-state index contributed by atoms with van der Waals surface area (Å²) in [5.41, 5.74) is 3.57. The SMILES string of the molecule is COc1ccc2cc(CN3CCCC(c4cc(C)nc5ncnn45)C3)ccc2c1. The molecule has 0 saturated carbocycles. The summed E-state index contributed by atoms with van der Waals surface area (Å²) in [6.45, 7) is 5.15. The summed E-state index contributed by atoms with van der Waals surface area (Å²) in [5.74, 6) is 2.04. The van der Waals surface area contributed by atoms with E-state index in [1.807, 2.05) is 17.5 Å². The lowest BCUT2D eigenvalue weighted by atomic mass is 9.93. The van der Waals surface area contributed by atoms with Crippen molar-refractivity contribution in [3.63, 3.8) is 0 Å². The first-order valence-corrected chi connectivity index (χ1v) is 10.2. The zero-order valence-corrected chi connectivity index (χ0v) is 16.9. The maximum atomic E-state index is 5.34. The predicted molar refractivity (Wildman–Crippen MR) is 113 cm³/mol. The smallest absolute Gasteiger partial charge is 0.252 e. The molecular formula is C23H25N5O. The number of aromatic nitrogens is 4. The van der Waals surface area contributed by atoms with Crippen molar-refractivity contribution in [2.24, 2.45) is 0 Å². The van der Waals surface area contributed by atoms with Gasteiger partial charge in [-0.3, -0.25) is 4.90 Å². The normalized spacial score (nSPS) is 17.8. The Balaban J connectivity index is 1.37. The van der Waals surface area contributed by atoms with Crippen LogP contribution in [0.15, 0.2) is 48.8 Å². The van der Waals surface area contributed by atoms with Crippen LogP contribution in [-0.4, -0.2) is 44.7 Å². The van der Waals surface area contributed by atoms with Gasteiger partial charge in [-0.25, -0.2) is 9.50 Å². The minimum atomic E-state index is 0.444. The molecule has 148 valence electrons. The second-order valence-corrected chi connectivity index (χ2v) is 7.92. The van der Waals surface area contributed by atoms with Crippen LogP contribution in [0, 0.1) is 6.92 Å². The molecule has 2 aromatic heterocycles. The fraction of sp³-hybridized carbons (Fsp3) is 0.348. The van der Waals surface area contributed by atoms with E-state index in [9.17, 15) is 0 Å².